The van der Waals surface area contributed by atoms with Crippen LogP contribution in [0.2, 0.25) is 5.02 Å². The lowest BCUT2D eigenvalue weighted by molar-refractivity contribution is -0.116. The maximum atomic E-state index is 13.5. The third-order valence-corrected chi connectivity index (χ3v) is 6.91. The standard InChI is InChI=1S/C23H21ClF2N2O4S/c1-32-22-10-8-18(14-19(22)24)33(30,31)28(12-11-16-5-3-2-4-6-16)15-23(29)27-17-7-9-20(25)21(26)13-17/h2-10,13-14H,11-12,15H2,1H3,(H,27,29). The molecule has 0 aliphatic heterocycles. The zero-order valence-corrected chi connectivity index (χ0v) is 19.2. The summed E-state index contributed by atoms with van der Waals surface area (Å²) in [4.78, 5) is 12.5. The molecular formula is C23H21ClF2N2O4S. The molecule has 0 radical (unpaired) electrons. The largest absolute Gasteiger partial charge is 0.495 e. The molecule has 0 aliphatic carbocycles. The Hall–Kier alpha value is -3.01. The number of carbonyl (C=O) groups is 1. The number of hydrogen-bond donors (Lipinski definition) is 1. The number of amides is 1. The number of hydrogen-bond acceptors (Lipinski definition) is 4. The van der Waals surface area contributed by atoms with Gasteiger partial charge in [0.05, 0.1) is 23.6 Å². The predicted molar refractivity (Wildman–Crippen MR) is 122 cm³/mol. The maximum Gasteiger partial charge on any atom is 0.243 e. The molecule has 3 aromatic rings. The van der Waals surface area contributed by atoms with E-state index in [1.165, 1.54) is 31.4 Å². The molecule has 3 aromatic carbocycles. The molecule has 174 valence electrons. The predicted octanol–water partition coefficient (Wildman–Crippen LogP) is 4.50. The van der Waals surface area contributed by atoms with Gasteiger partial charge >= 0.3 is 0 Å². The molecule has 0 spiro atoms. The van der Waals surface area contributed by atoms with Crippen molar-refractivity contribution < 1.29 is 26.7 Å². The number of halogens is 3. The van der Waals surface area contributed by atoms with Crippen molar-refractivity contribution in [3.63, 3.8) is 0 Å². The number of anilines is 1. The van der Waals surface area contributed by atoms with Gasteiger partial charge in [0.2, 0.25) is 15.9 Å². The molecular weight excluding hydrogens is 474 g/mol. The Labute approximate surface area is 195 Å². The van der Waals surface area contributed by atoms with E-state index >= 15 is 0 Å². The summed E-state index contributed by atoms with van der Waals surface area (Å²) >= 11 is 6.10. The van der Waals surface area contributed by atoms with Crippen molar-refractivity contribution in [3.8, 4) is 5.75 Å². The van der Waals surface area contributed by atoms with Crippen molar-refractivity contribution in [2.75, 3.05) is 25.5 Å². The molecule has 3 rings (SSSR count). The van der Waals surface area contributed by atoms with E-state index in [0.29, 0.717) is 12.2 Å². The van der Waals surface area contributed by atoms with Crippen LogP contribution >= 0.6 is 11.6 Å². The summed E-state index contributed by atoms with van der Waals surface area (Å²) in [5, 5.41) is 2.50. The first-order valence-corrected chi connectivity index (χ1v) is 11.6. The molecule has 0 unspecified atom stereocenters. The Morgan fingerprint density at radius 2 is 1.76 bits per heavy atom. The van der Waals surface area contributed by atoms with E-state index in [2.05, 4.69) is 5.32 Å². The van der Waals surface area contributed by atoms with E-state index < -0.39 is 34.1 Å². The summed E-state index contributed by atoms with van der Waals surface area (Å²) in [6.45, 7) is -0.543. The van der Waals surface area contributed by atoms with Crippen LogP contribution in [0.4, 0.5) is 14.5 Å². The van der Waals surface area contributed by atoms with Gasteiger partial charge in [-0.05, 0) is 42.3 Å². The van der Waals surface area contributed by atoms with Crippen molar-refractivity contribution in [3.05, 3.63) is 89.0 Å². The van der Waals surface area contributed by atoms with Crippen LogP contribution in [0.15, 0.2) is 71.6 Å². The van der Waals surface area contributed by atoms with Gasteiger partial charge in [-0.3, -0.25) is 4.79 Å². The molecule has 0 bridgehead atoms. The average molecular weight is 495 g/mol. The van der Waals surface area contributed by atoms with Gasteiger partial charge in [0.25, 0.3) is 0 Å². The topological polar surface area (TPSA) is 75.7 Å². The lowest BCUT2D eigenvalue weighted by Crippen LogP contribution is -2.39. The van der Waals surface area contributed by atoms with Gasteiger partial charge < -0.3 is 10.1 Å². The number of methoxy groups -OCH3 is 1. The van der Waals surface area contributed by atoms with E-state index in [1.54, 1.807) is 0 Å². The van der Waals surface area contributed by atoms with Gasteiger partial charge in [-0.15, -0.1) is 0 Å². The third-order valence-electron chi connectivity index (χ3n) is 4.78. The molecule has 10 heteroatoms. The van der Waals surface area contributed by atoms with Crippen LogP contribution in [0.25, 0.3) is 0 Å². The van der Waals surface area contributed by atoms with Crippen LogP contribution in [0.5, 0.6) is 5.75 Å². The highest BCUT2D eigenvalue weighted by Crippen LogP contribution is 2.28. The summed E-state index contributed by atoms with van der Waals surface area (Å²) in [7, 11) is -2.72. The first-order valence-electron chi connectivity index (χ1n) is 9.83. The minimum absolute atomic E-state index is 0.00118. The Morgan fingerprint density at radius 3 is 2.39 bits per heavy atom. The fourth-order valence-electron chi connectivity index (χ4n) is 3.07. The monoisotopic (exact) mass is 494 g/mol. The molecule has 33 heavy (non-hydrogen) atoms. The van der Waals surface area contributed by atoms with Crippen molar-refractivity contribution in [1.29, 1.82) is 0 Å². The van der Waals surface area contributed by atoms with Crippen LogP contribution in [0, 0.1) is 11.6 Å². The summed E-state index contributed by atoms with van der Waals surface area (Å²) in [5.74, 6) is -2.59. The number of rotatable bonds is 9. The summed E-state index contributed by atoms with van der Waals surface area (Å²) in [6.07, 6.45) is 0.350. The second kappa shape index (κ2) is 10.7. The van der Waals surface area contributed by atoms with E-state index in [-0.39, 0.29) is 22.2 Å². The van der Waals surface area contributed by atoms with Crippen LogP contribution in [-0.2, 0) is 21.2 Å². The third kappa shape index (κ3) is 6.28. The minimum Gasteiger partial charge on any atom is -0.495 e. The molecule has 0 saturated heterocycles. The number of nitrogens with zero attached hydrogens (tertiary/aromatic N) is 1. The minimum atomic E-state index is -4.12. The number of benzene rings is 3. The summed E-state index contributed by atoms with van der Waals surface area (Å²) < 4.78 is 59.3. The molecule has 6 nitrogen and oxygen atoms in total. The lowest BCUT2D eigenvalue weighted by atomic mass is 10.1. The maximum absolute atomic E-state index is 13.5. The highest BCUT2D eigenvalue weighted by molar-refractivity contribution is 7.89. The van der Waals surface area contributed by atoms with E-state index in [0.717, 1.165) is 22.0 Å². The van der Waals surface area contributed by atoms with Gasteiger partial charge in [0, 0.05) is 18.3 Å². The first kappa shape index (κ1) is 24.6. The van der Waals surface area contributed by atoms with Crippen molar-refractivity contribution in [2.24, 2.45) is 0 Å². The second-order valence-corrected chi connectivity index (χ2v) is 9.39. The summed E-state index contributed by atoms with van der Waals surface area (Å²) in [6, 6.07) is 16.1. The number of ether oxygens (including phenoxy) is 1. The highest BCUT2D eigenvalue weighted by atomic mass is 35.5. The highest BCUT2D eigenvalue weighted by Gasteiger charge is 2.27. The van der Waals surface area contributed by atoms with Crippen LogP contribution in [-0.4, -0.2) is 38.8 Å². The molecule has 0 atom stereocenters. The lowest BCUT2D eigenvalue weighted by Gasteiger charge is -2.22. The van der Waals surface area contributed by atoms with Gasteiger partial charge in [-0.25, -0.2) is 17.2 Å². The zero-order valence-electron chi connectivity index (χ0n) is 17.6. The fraction of sp³-hybridized carbons (Fsp3) is 0.174. The first-order chi connectivity index (χ1) is 15.7. The average Bonchev–Trinajstić information content (AvgIpc) is 2.79. The molecule has 1 amide bonds. The van der Waals surface area contributed by atoms with Crippen molar-refractivity contribution >= 4 is 33.2 Å². The Morgan fingerprint density at radius 1 is 1.03 bits per heavy atom. The van der Waals surface area contributed by atoms with Crippen LogP contribution < -0.4 is 10.1 Å². The SMILES string of the molecule is COc1ccc(S(=O)(=O)N(CCc2ccccc2)CC(=O)Nc2ccc(F)c(F)c2)cc1Cl. The zero-order chi connectivity index (χ0) is 24.0. The molecule has 1 N–H and O–H groups in total. The molecule has 0 aliphatic rings. The summed E-state index contributed by atoms with van der Waals surface area (Å²) in [5.41, 5.74) is 0.887. The molecule has 0 saturated carbocycles. The van der Waals surface area contributed by atoms with E-state index in [1.807, 2.05) is 30.3 Å². The second-order valence-electron chi connectivity index (χ2n) is 7.05. The Balaban J connectivity index is 1.85. The normalized spacial score (nSPS) is 11.4. The van der Waals surface area contributed by atoms with Gasteiger partial charge in [-0.1, -0.05) is 41.9 Å². The number of sulfonamides is 1. The van der Waals surface area contributed by atoms with E-state index in [9.17, 15) is 22.0 Å². The van der Waals surface area contributed by atoms with Gasteiger partial charge in [0.15, 0.2) is 11.6 Å². The van der Waals surface area contributed by atoms with Crippen molar-refractivity contribution in [1.82, 2.24) is 4.31 Å². The molecule has 0 aromatic heterocycles. The van der Waals surface area contributed by atoms with Crippen LogP contribution in [0.1, 0.15) is 5.56 Å². The molecule has 0 fully saturated rings. The van der Waals surface area contributed by atoms with Crippen LogP contribution in [0.3, 0.4) is 0 Å². The Kier molecular flexibility index (Phi) is 8.01. The molecule has 0 heterocycles. The van der Waals surface area contributed by atoms with Gasteiger partial charge in [0.1, 0.15) is 5.75 Å². The van der Waals surface area contributed by atoms with E-state index in [4.69, 9.17) is 16.3 Å². The Bertz CT molecular complexity index is 1240. The number of carbonyl (C=O) groups excluding carboxylic acids is 1. The number of nitrogens with one attached hydrogen (secondary N) is 1. The van der Waals surface area contributed by atoms with Gasteiger partial charge in [-0.2, -0.15) is 4.31 Å². The smallest absolute Gasteiger partial charge is 0.243 e. The fourth-order valence-corrected chi connectivity index (χ4v) is 4.82. The quantitative estimate of drug-likeness (QED) is 0.475. The van der Waals surface area contributed by atoms with Crippen molar-refractivity contribution in [2.45, 2.75) is 11.3 Å².